The van der Waals surface area contributed by atoms with E-state index >= 15 is 0 Å². The van der Waals surface area contributed by atoms with E-state index in [4.69, 9.17) is 4.74 Å². The van der Waals surface area contributed by atoms with Crippen molar-refractivity contribution in [2.45, 2.75) is 31.8 Å². The van der Waals surface area contributed by atoms with Crippen LogP contribution in [0, 0.1) is 13.8 Å². The summed E-state index contributed by atoms with van der Waals surface area (Å²) in [6.45, 7) is 3.21. The zero-order valence-corrected chi connectivity index (χ0v) is 19.3. The van der Waals surface area contributed by atoms with E-state index in [9.17, 15) is 18.0 Å². The van der Waals surface area contributed by atoms with E-state index in [-0.39, 0.29) is 23.8 Å². The maximum atomic E-state index is 12.2. The second-order valence-electron chi connectivity index (χ2n) is 7.12. The van der Waals surface area contributed by atoms with Crippen LogP contribution in [0.5, 0.6) is 0 Å². The van der Waals surface area contributed by atoms with Crippen LogP contribution in [0.3, 0.4) is 0 Å². The number of carbonyl (C=O) groups is 2. The van der Waals surface area contributed by atoms with Gasteiger partial charge in [-0.05, 0) is 38.1 Å². The number of ether oxygens (including phenoxy) is 1. The van der Waals surface area contributed by atoms with E-state index in [1.807, 2.05) is 38.1 Å². The van der Waals surface area contributed by atoms with Crippen molar-refractivity contribution in [3.05, 3.63) is 75.7 Å². The molecule has 2 N–H and O–H groups in total. The first kappa shape index (κ1) is 23.6. The summed E-state index contributed by atoms with van der Waals surface area (Å²) < 4.78 is 31.7. The third kappa shape index (κ3) is 6.98. The molecular formula is C22H23N3O5S2. The van der Waals surface area contributed by atoms with E-state index in [1.54, 1.807) is 17.5 Å². The lowest BCUT2D eigenvalue weighted by Gasteiger charge is -2.07. The number of aryl methyl sites for hydroxylation is 2. The summed E-state index contributed by atoms with van der Waals surface area (Å²) in [5.74, 6) is -0.926. The number of anilines is 1. The minimum Gasteiger partial charge on any atom is -0.458 e. The fourth-order valence-electron chi connectivity index (χ4n) is 2.64. The fourth-order valence-corrected chi connectivity index (χ4v) is 4.38. The van der Waals surface area contributed by atoms with Crippen LogP contribution in [0.2, 0.25) is 0 Å². The molecule has 2 aromatic carbocycles. The Morgan fingerprint density at radius 3 is 2.28 bits per heavy atom. The molecule has 0 spiro atoms. The molecule has 8 nitrogen and oxygen atoms in total. The van der Waals surface area contributed by atoms with Gasteiger partial charge in [0, 0.05) is 11.1 Å². The summed E-state index contributed by atoms with van der Waals surface area (Å²) in [6, 6.07) is 13.8. The molecule has 0 radical (unpaired) electrons. The summed E-state index contributed by atoms with van der Waals surface area (Å²) >= 11 is 1.28. The van der Waals surface area contributed by atoms with E-state index in [0.29, 0.717) is 16.4 Å². The molecule has 3 rings (SSSR count). The van der Waals surface area contributed by atoms with E-state index in [2.05, 4.69) is 15.0 Å². The Morgan fingerprint density at radius 1 is 1.00 bits per heavy atom. The van der Waals surface area contributed by atoms with Crippen LogP contribution >= 0.6 is 11.3 Å². The molecule has 3 aromatic rings. The standard InChI is InChI=1S/C22H23N3O5S2/c1-15-3-7-17(8-4-15)24-20(26)11-21-25-18(14-31-21)13-30-22(27)12-23-32(28,29)19-9-5-16(2)6-10-19/h3-10,14,23H,11-13H2,1-2H3,(H,24,26). The van der Waals surface area contributed by atoms with Crippen molar-refractivity contribution in [2.75, 3.05) is 11.9 Å². The summed E-state index contributed by atoms with van der Waals surface area (Å²) in [6.07, 6.45) is 0.100. The Morgan fingerprint density at radius 2 is 1.62 bits per heavy atom. The molecule has 0 unspecified atom stereocenters. The number of thiazole rings is 1. The third-order valence-corrected chi connectivity index (χ3v) is 6.68. The zero-order chi connectivity index (χ0) is 23.1. The third-order valence-electron chi connectivity index (χ3n) is 4.37. The largest absolute Gasteiger partial charge is 0.458 e. The number of nitrogens with one attached hydrogen (secondary N) is 2. The van der Waals surface area contributed by atoms with Crippen molar-refractivity contribution in [1.82, 2.24) is 9.71 Å². The number of nitrogens with zero attached hydrogens (tertiary/aromatic N) is 1. The Balaban J connectivity index is 1.44. The first-order chi connectivity index (χ1) is 15.2. The molecule has 32 heavy (non-hydrogen) atoms. The molecule has 0 fully saturated rings. The van der Waals surface area contributed by atoms with Gasteiger partial charge in [0.15, 0.2) is 0 Å². The number of sulfonamides is 1. The van der Waals surface area contributed by atoms with Crippen molar-refractivity contribution < 1.29 is 22.7 Å². The van der Waals surface area contributed by atoms with Crippen molar-refractivity contribution in [3.63, 3.8) is 0 Å². The molecule has 0 saturated heterocycles. The molecule has 1 heterocycles. The topological polar surface area (TPSA) is 114 Å². The molecule has 0 aliphatic rings. The van der Waals surface area contributed by atoms with Crippen molar-refractivity contribution in [2.24, 2.45) is 0 Å². The quantitative estimate of drug-likeness (QED) is 0.462. The lowest BCUT2D eigenvalue weighted by molar-refractivity contribution is -0.143. The molecule has 0 bridgehead atoms. The fraction of sp³-hybridized carbons (Fsp3) is 0.227. The van der Waals surface area contributed by atoms with Gasteiger partial charge in [-0.1, -0.05) is 35.4 Å². The molecule has 168 valence electrons. The molecular weight excluding hydrogens is 450 g/mol. The molecule has 10 heteroatoms. The van der Waals surface area contributed by atoms with Gasteiger partial charge in [-0.2, -0.15) is 4.72 Å². The van der Waals surface area contributed by atoms with Crippen LogP contribution in [0.1, 0.15) is 21.8 Å². The van der Waals surface area contributed by atoms with Crippen molar-refractivity contribution in [1.29, 1.82) is 0 Å². The molecule has 0 saturated carbocycles. The van der Waals surface area contributed by atoms with Crippen LogP contribution < -0.4 is 10.0 Å². The van der Waals surface area contributed by atoms with Gasteiger partial charge in [-0.15, -0.1) is 11.3 Å². The first-order valence-electron chi connectivity index (χ1n) is 9.73. The molecule has 0 aliphatic carbocycles. The second-order valence-corrected chi connectivity index (χ2v) is 9.83. The summed E-state index contributed by atoms with van der Waals surface area (Å²) in [7, 11) is -3.80. The minimum atomic E-state index is -3.80. The molecule has 0 aliphatic heterocycles. The van der Waals surface area contributed by atoms with Crippen molar-refractivity contribution in [3.8, 4) is 0 Å². The van der Waals surface area contributed by atoms with Gasteiger partial charge in [-0.3, -0.25) is 9.59 Å². The van der Waals surface area contributed by atoms with Crippen LogP contribution in [-0.2, 0) is 37.4 Å². The number of hydrogen-bond donors (Lipinski definition) is 2. The van der Waals surface area contributed by atoms with Crippen LogP contribution in [0.4, 0.5) is 5.69 Å². The number of amides is 1. The molecule has 0 atom stereocenters. The summed E-state index contributed by atoms with van der Waals surface area (Å²) in [4.78, 5) is 28.4. The Kier molecular flexibility index (Phi) is 7.73. The smallest absolute Gasteiger partial charge is 0.321 e. The maximum Gasteiger partial charge on any atom is 0.321 e. The van der Waals surface area contributed by atoms with Crippen LogP contribution in [0.25, 0.3) is 0 Å². The highest BCUT2D eigenvalue weighted by molar-refractivity contribution is 7.89. The van der Waals surface area contributed by atoms with Gasteiger partial charge in [0.05, 0.1) is 17.0 Å². The zero-order valence-electron chi connectivity index (χ0n) is 17.6. The number of rotatable bonds is 9. The lowest BCUT2D eigenvalue weighted by Crippen LogP contribution is -2.30. The monoisotopic (exact) mass is 473 g/mol. The Bertz CT molecular complexity index is 1190. The van der Waals surface area contributed by atoms with Gasteiger partial charge >= 0.3 is 5.97 Å². The number of hydrogen-bond acceptors (Lipinski definition) is 7. The van der Waals surface area contributed by atoms with E-state index in [0.717, 1.165) is 11.1 Å². The minimum absolute atomic E-state index is 0.0731. The van der Waals surface area contributed by atoms with Gasteiger partial charge in [0.1, 0.15) is 18.2 Å². The second kappa shape index (κ2) is 10.5. The maximum absolute atomic E-state index is 12.2. The normalized spacial score (nSPS) is 11.2. The predicted molar refractivity (Wildman–Crippen MR) is 122 cm³/mol. The average molecular weight is 474 g/mol. The number of benzene rings is 2. The summed E-state index contributed by atoms with van der Waals surface area (Å²) in [5.41, 5.74) is 3.23. The number of carbonyl (C=O) groups excluding carboxylic acids is 2. The highest BCUT2D eigenvalue weighted by atomic mass is 32.2. The van der Waals surface area contributed by atoms with Crippen LogP contribution in [0.15, 0.2) is 58.8 Å². The first-order valence-corrected chi connectivity index (χ1v) is 12.1. The van der Waals surface area contributed by atoms with Crippen molar-refractivity contribution >= 4 is 38.9 Å². The summed E-state index contributed by atoms with van der Waals surface area (Å²) in [5, 5.41) is 5.08. The van der Waals surface area contributed by atoms with E-state index in [1.165, 1.54) is 23.5 Å². The predicted octanol–water partition coefficient (Wildman–Crippen LogP) is 2.96. The van der Waals surface area contributed by atoms with E-state index < -0.39 is 22.5 Å². The van der Waals surface area contributed by atoms with Gasteiger partial charge in [-0.25, -0.2) is 13.4 Å². The number of aromatic nitrogens is 1. The van der Waals surface area contributed by atoms with Gasteiger partial charge in [0.25, 0.3) is 0 Å². The Hall–Kier alpha value is -3.08. The highest BCUT2D eigenvalue weighted by Gasteiger charge is 2.16. The molecule has 1 aromatic heterocycles. The highest BCUT2D eigenvalue weighted by Crippen LogP contribution is 2.14. The van der Waals surface area contributed by atoms with Gasteiger partial charge in [0.2, 0.25) is 15.9 Å². The van der Waals surface area contributed by atoms with Crippen LogP contribution in [-0.4, -0.2) is 31.8 Å². The SMILES string of the molecule is Cc1ccc(NC(=O)Cc2nc(COC(=O)CNS(=O)(=O)c3ccc(C)cc3)cs2)cc1. The average Bonchev–Trinajstić information content (AvgIpc) is 3.20. The molecule has 1 amide bonds. The number of esters is 1. The Labute approximate surface area is 190 Å². The lowest BCUT2D eigenvalue weighted by atomic mass is 10.2. The van der Waals surface area contributed by atoms with Gasteiger partial charge < -0.3 is 10.1 Å².